The molecule has 0 spiro atoms. The number of benzene rings is 1. The second-order valence-corrected chi connectivity index (χ2v) is 3.97. The maximum Gasteiger partial charge on any atom is 0.320 e. The number of hydrogen-bond donors (Lipinski definition) is 2. The summed E-state index contributed by atoms with van der Waals surface area (Å²) in [7, 11) is 0. The molecule has 7 nitrogen and oxygen atoms in total. The van der Waals surface area contributed by atoms with Crippen LogP contribution in [0.4, 0.5) is 11.7 Å². The average Bonchev–Trinajstić information content (AvgIpc) is 3.05. The van der Waals surface area contributed by atoms with Gasteiger partial charge in [0.2, 0.25) is 12.7 Å². The van der Waals surface area contributed by atoms with Crippen LogP contribution in [0, 0.1) is 0 Å². The summed E-state index contributed by atoms with van der Waals surface area (Å²) in [6, 6.07) is 5.88. The third-order valence-electron chi connectivity index (χ3n) is 2.62. The fourth-order valence-electron chi connectivity index (χ4n) is 1.71. The van der Waals surface area contributed by atoms with Crippen molar-refractivity contribution in [2.24, 2.45) is 0 Å². The Morgan fingerprint density at radius 3 is 3.00 bits per heavy atom. The summed E-state index contributed by atoms with van der Waals surface area (Å²) in [5.41, 5.74) is 0.808. The Bertz CT molecular complexity index is 570. The van der Waals surface area contributed by atoms with Gasteiger partial charge >= 0.3 is 6.01 Å². The van der Waals surface area contributed by atoms with Gasteiger partial charge in [0.1, 0.15) is 0 Å². The molecule has 2 aromatic rings. The first-order valence-corrected chi connectivity index (χ1v) is 6.05. The van der Waals surface area contributed by atoms with E-state index in [1.54, 1.807) is 0 Å². The van der Waals surface area contributed by atoms with Gasteiger partial charge in [0.15, 0.2) is 11.5 Å². The van der Waals surface area contributed by atoms with Crippen LogP contribution >= 0.6 is 0 Å². The molecule has 0 unspecified atom stereocenters. The minimum atomic E-state index is 0.256. The van der Waals surface area contributed by atoms with Crippen molar-refractivity contribution in [1.82, 2.24) is 15.5 Å². The fraction of sp³-hybridized carbons (Fsp3) is 0.333. The molecule has 3 rings (SSSR count). The number of nitrogens with one attached hydrogen (secondary N) is 2. The topological polar surface area (TPSA) is 81.4 Å². The molecule has 0 saturated carbocycles. The molecule has 1 aliphatic rings. The molecular weight excluding hydrogens is 248 g/mol. The van der Waals surface area contributed by atoms with E-state index in [4.69, 9.17) is 13.9 Å². The third-order valence-corrected chi connectivity index (χ3v) is 2.62. The van der Waals surface area contributed by atoms with Crippen molar-refractivity contribution in [1.29, 1.82) is 0 Å². The van der Waals surface area contributed by atoms with Gasteiger partial charge < -0.3 is 24.5 Å². The van der Waals surface area contributed by atoms with E-state index in [1.807, 2.05) is 25.1 Å². The first kappa shape index (κ1) is 11.8. The van der Waals surface area contributed by atoms with E-state index in [0.717, 1.165) is 18.0 Å². The predicted octanol–water partition coefficient (Wildman–Crippen LogP) is 1.65. The smallest absolute Gasteiger partial charge is 0.320 e. The largest absolute Gasteiger partial charge is 0.454 e. The average molecular weight is 262 g/mol. The van der Waals surface area contributed by atoms with Gasteiger partial charge in [-0.3, -0.25) is 0 Å². The van der Waals surface area contributed by atoms with Crippen LogP contribution in [0.25, 0.3) is 0 Å². The lowest BCUT2D eigenvalue weighted by molar-refractivity contribution is 0.174. The number of aromatic nitrogens is 2. The van der Waals surface area contributed by atoms with Crippen LogP contribution in [0.5, 0.6) is 11.5 Å². The van der Waals surface area contributed by atoms with E-state index in [2.05, 4.69) is 20.8 Å². The number of anilines is 2. The highest BCUT2D eigenvalue weighted by molar-refractivity contribution is 5.59. The van der Waals surface area contributed by atoms with Crippen molar-refractivity contribution in [3.63, 3.8) is 0 Å². The molecule has 0 atom stereocenters. The van der Waals surface area contributed by atoms with Gasteiger partial charge in [-0.25, -0.2) is 0 Å². The van der Waals surface area contributed by atoms with Crippen molar-refractivity contribution >= 4 is 11.7 Å². The van der Waals surface area contributed by atoms with Crippen LogP contribution in [-0.4, -0.2) is 23.5 Å². The van der Waals surface area contributed by atoms with Gasteiger partial charge in [-0.05, 0) is 18.7 Å². The zero-order chi connectivity index (χ0) is 13.1. The highest BCUT2D eigenvalue weighted by Gasteiger charge is 2.14. The molecule has 0 saturated heterocycles. The molecule has 19 heavy (non-hydrogen) atoms. The fourth-order valence-corrected chi connectivity index (χ4v) is 1.71. The second kappa shape index (κ2) is 5.15. The molecule has 2 heterocycles. The Morgan fingerprint density at radius 2 is 2.11 bits per heavy atom. The molecule has 2 N–H and O–H groups in total. The zero-order valence-corrected chi connectivity index (χ0v) is 10.5. The van der Waals surface area contributed by atoms with E-state index in [-0.39, 0.29) is 6.79 Å². The highest BCUT2D eigenvalue weighted by Crippen LogP contribution is 2.34. The lowest BCUT2D eigenvalue weighted by Gasteiger charge is -2.02. The van der Waals surface area contributed by atoms with E-state index in [0.29, 0.717) is 24.2 Å². The Kier molecular flexibility index (Phi) is 3.20. The number of fused-ring (bicyclic) bond motifs is 1. The van der Waals surface area contributed by atoms with E-state index in [1.165, 1.54) is 0 Å². The molecule has 0 fully saturated rings. The van der Waals surface area contributed by atoms with Gasteiger partial charge in [0, 0.05) is 11.8 Å². The van der Waals surface area contributed by atoms with Crippen LogP contribution in [0.15, 0.2) is 22.6 Å². The van der Waals surface area contributed by atoms with Crippen LogP contribution in [0.2, 0.25) is 0 Å². The SMILES string of the molecule is CCNCc1nnc(Nc2ccc3c(c2)OCO3)o1. The van der Waals surface area contributed by atoms with Crippen LogP contribution in [-0.2, 0) is 6.54 Å². The third kappa shape index (κ3) is 2.60. The van der Waals surface area contributed by atoms with Crippen molar-refractivity contribution < 1.29 is 13.9 Å². The molecule has 0 bridgehead atoms. The van der Waals surface area contributed by atoms with Crippen LogP contribution in [0.1, 0.15) is 12.8 Å². The molecule has 0 amide bonds. The number of rotatable bonds is 5. The van der Waals surface area contributed by atoms with E-state index in [9.17, 15) is 0 Å². The van der Waals surface area contributed by atoms with E-state index >= 15 is 0 Å². The molecular formula is C12H14N4O3. The minimum absolute atomic E-state index is 0.256. The lowest BCUT2D eigenvalue weighted by atomic mass is 10.3. The second-order valence-electron chi connectivity index (χ2n) is 3.97. The molecule has 1 aromatic heterocycles. The standard InChI is InChI=1S/C12H14N4O3/c1-2-13-6-11-15-16-12(19-11)14-8-3-4-9-10(5-8)18-7-17-9/h3-5,13H,2,6-7H2,1H3,(H,14,16). The zero-order valence-electron chi connectivity index (χ0n) is 10.5. The molecule has 1 aliphatic heterocycles. The van der Waals surface area contributed by atoms with Crippen molar-refractivity contribution in [3.8, 4) is 11.5 Å². The first-order chi connectivity index (χ1) is 9.35. The quantitative estimate of drug-likeness (QED) is 0.847. The highest BCUT2D eigenvalue weighted by atomic mass is 16.7. The van der Waals surface area contributed by atoms with Crippen LogP contribution < -0.4 is 20.1 Å². The van der Waals surface area contributed by atoms with Crippen LogP contribution in [0.3, 0.4) is 0 Å². The Hall–Kier alpha value is -2.28. The van der Waals surface area contributed by atoms with Gasteiger partial charge in [-0.1, -0.05) is 12.0 Å². The number of ether oxygens (including phenoxy) is 2. The summed E-state index contributed by atoms with van der Waals surface area (Å²) in [5, 5.41) is 14.0. The number of nitrogens with zero attached hydrogens (tertiary/aromatic N) is 2. The summed E-state index contributed by atoms with van der Waals surface area (Å²) in [6.07, 6.45) is 0. The summed E-state index contributed by atoms with van der Waals surface area (Å²) >= 11 is 0. The molecule has 7 heteroatoms. The van der Waals surface area contributed by atoms with Gasteiger partial charge in [-0.15, -0.1) is 5.10 Å². The normalized spacial score (nSPS) is 12.7. The molecule has 1 aromatic carbocycles. The monoisotopic (exact) mass is 262 g/mol. The molecule has 100 valence electrons. The Labute approximate surface area is 109 Å². The van der Waals surface area contributed by atoms with E-state index < -0.39 is 0 Å². The first-order valence-electron chi connectivity index (χ1n) is 6.05. The Morgan fingerprint density at radius 1 is 1.21 bits per heavy atom. The van der Waals surface area contributed by atoms with Crippen molar-refractivity contribution in [2.75, 3.05) is 18.7 Å². The maximum absolute atomic E-state index is 5.44. The Balaban J connectivity index is 1.69. The summed E-state index contributed by atoms with van der Waals surface area (Å²) < 4.78 is 16.0. The molecule has 0 aliphatic carbocycles. The van der Waals surface area contributed by atoms with Crippen molar-refractivity contribution in [2.45, 2.75) is 13.5 Å². The lowest BCUT2D eigenvalue weighted by Crippen LogP contribution is -2.11. The summed E-state index contributed by atoms with van der Waals surface area (Å²) in [6.45, 7) is 3.69. The maximum atomic E-state index is 5.44. The van der Waals surface area contributed by atoms with Gasteiger partial charge in [0.05, 0.1) is 6.54 Å². The van der Waals surface area contributed by atoms with Crippen molar-refractivity contribution in [3.05, 3.63) is 24.1 Å². The van der Waals surface area contributed by atoms with Gasteiger partial charge in [0.25, 0.3) is 0 Å². The summed E-state index contributed by atoms with van der Waals surface area (Å²) in [5.74, 6) is 1.99. The molecule has 0 radical (unpaired) electrons. The van der Waals surface area contributed by atoms with Gasteiger partial charge in [-0.2, -0.15) is 0 Å². The summed E-state index contributed by atoms with van der Waals surface area (Å²) in [4.78, 5) is 0. The predicted molar refractivity (Wildman–Crippen MR) is 67.5 cm³/mol. The minimum Gasteiger partial charge on any atom is -0.454 e. The number of hydrogen-bond acceptors (Lipinski definition) is 7.